The zero-order valence-corrected chi connectivity index (χ0v) is 13.0. The fraction of sp³-hybridized carbons (Fsp3) is 0.917. The number of ether oxygens (including phenoxy) is 2. The number of aliphatic hydroxyl groups excluding tert-OH is 1. The summed E-state index contributed by atoms with van der Waals surface area (Å²) in [5.74, 6) is 0. The van der Waals surface area contributed by atoms with Crippen molar-refractivity contribution >= 4 is 6.16 Å². The average molecular weight is 308 g/mol. The van der Waals surface area contributed by atoms with E-state index >= 15 is 0 Å². The third-order valence-electron chi connectivity index (χ3n) is 2.83. The van der Waals surface area contributed by atoms with E-state index in [1.165, 1.54) is 6.92 Å². The maximum absolute atomic E-state index is 11.4. The summed E-state index contributed by atoms with van der Waals surface area (Å²) in [6.07, 6.45) is -0.129. The number of hydrogen-bond acceptors (Lipinski definition) is 8. The molecule has 0 aromatic heterocycles. The van der Waals surface area contributed by atoms with Gasteiger partial charge in [-0.25, -0.2) is 9.63 Å². The van der Waals surface area contributed by atoms with Gasteiger partial charge in [-0.05, 0) is 38.9 Å². The van der Waals surface area contributed by atoms with Crippen molar-refractivity contribution in [1.29, 1.82) is 0 Å². The molecule has 0 aliphatic carbocycles. The van der Waals surface area contributed by atoms with Crippen molar-refractivity contribution in [3.63, 3.8) is 0 Å². The third kappa shape index (κ3) is 6.55. The van der Waals surface area contributed by atoms with Gasteiger partial charge in [-0.3, -0.25) is 0 Å². The lowest BCUT2D eigenvalue weighted by atomic mass is 10.2. The highest BCUT2D eigenvalue weighted by molar-refractivity contribution is 5.60. The first kappa shape index (κ1) is 18.1. The molecule has 9 nitrogen and oxygen atoms in total. The Morgan fingerprint density at radius 2 is 2.19 bits per heavy atom. The van der Waals surface area contributed by atoms with Gasteiger partial charge in [-0.2, -0.15) is 5.21 Å². The van der Waals surface area contributed by atoms with Crippen LogP contribution >= 0.6 is 0 Å². The molecule has 1 fully saturated rings. The van der Waals surface area contributed by atoms with Crippen molar-refractivity contribution in [1.82, 2.24) is 10.6 Å². The summed E-state index contributed by atoms with van der Waals surface area (Å²) in [7, 11) is 0. The van der Waals surface area contributed by atoms with E-state index in [0.29, 0.717) is 6.54 Å². The van der Waals surface area contributed by atoms with Crippen molar-refractivity contribution in [2.45, 2.75) is 58.5 Å². The van der Waals surface area contributed by atoms with E-state index in [4.69, 9.17) is 19.4 Å². The molecule has 1 heterocycles. The van der Waals surface area contributed by atoms with E-state index in [1.54, 1.807) is 25.8 Å². The van der Waals surface area contributed by atoms with Gasteiger partial charge in [-0.1, -0.05) is 5.01 Å². The van der Waals surface area contributed by atoms with E-state index in [-0.39, 0.29) is 17.9 Å². The van der Waals surface area contributed by atoms with Gasteiger partial charge >= 0.3 is 6.16 Å². The zero-order chi connectivity index (χ0) is 16.0. The van der Waals surface area contributed by atoms with Crippen molar-refractivity contribution in [3.8, 4) is 0 Å². The molecule has 3 atom stereocenters. The second-order valence-corrected chi connectivity index (χ2v) is 5.87. The SMILES string of the molecule is CC(ON[NH+](O)N1CCC[C@H]1CO)OC(=O)OC(C)(C)C. The number of nitrogens with zero attached hydrogens (tertiary/aromatic N) is 1. The molecule has 0 saturated carbocycles. The second-order valence-electron chi connectivity index (χ2n) is 5.87. The van der Waals surface area contributed by atoms with Crippen LogP contribution in [0, 0.1) is 0 Å². The summed E-state index contributed by atoms with van der Waals surface area (Å²) in [5.41, 5.74) is 1.66. The van der Waals surface area contributed by atoms with Crippen LogP contribution in [0.5, 0.6) is 0 Å². The first-order valence-electron chi connectivity index (χ1n) is 6.97. The minimum atomic E-state index is -0.947. The standard InChI is InChI=1S/C12H25N3O6/c1-9(19-11(17)20-12(2,3)4)21-13-15(18)14-7-5-6-10(14)8-16/h9-10,13,16,18H,5-8H2,1-4H3/p+1/t9?,10-/m0/s1. The molecule has 0 radical (unpaired) electrons. The van der Waals surface area contributed by atoms with E-state index in [0.717, 1.165) is 12.8 Å². The molecule has 0 aromatic rings. The maximum Gasteiger partial charge on any atom is 0.511 e. The van der Waals surface area contributed by atoms with Crippen LogP contribution in [0.15, 0.2) is 0 Å². The Kier molecular flexibility index (Phi) is 6.78. The molecule has 4 N–H and O–H groups in total. The second kappa shape index (κ2) is 7.87. The minimum absolute atomic E-state index is 0.0459. The Morgan fingerprint density at radius 1 is 1.52 bits per heavy atom. The summed E-state index contributed by atoms with van der Waals surface area (Å²) in [6.45, 7) is 7.22. The molecule has 1 aliphatic heterocycles. The minimum Gasteiger partial charge on any atom is -0.429 e. The number of carbonyl (C=O) groups excluding carboxylic acids is 1. The molecule has 0 bridgehead atoms. The topological polar surface area (TPSA) is 105 Å². The van der Waals surface area contributed by atoms with Crippen LogP contribution < -0.4 is 10.9 Å². The van der Waals surface area contributed by atoms with Gasteiger partial charge in [0.25, 0.3) is 0 Å². The largest absolute Gasteiger partial charge is 0.511 e. The fourth-order valence-electron chi connectivity index (χ4n) is 1.93. The van der Waals surface area contributed by atoms with Crippen LogP contribution in [-0.2, 0) is 14.3 Å². The summed E-state index contributed by atoms with van der Waals surface area (Å²) in [4.78, 5) is 16.4. The highest BCUT2D eigenvalue weighted by atomic mass is 16.9. The molecule has 0 amide bonds. The monoisotopic (exact) mass is 308 g/mol. The Bertz CT molecular complexity index is 335. The van der Waals surface area contributed by atoms with Gasteiger partial charge in [0.15, 0.2) is 0 Å². The van der Waals surface area contributed by atoms with Gasteiger partial charge in [0.05, 0.1) is 19.2 Å². The molecular weight excluding hydrogens is 282 g/mol. The van der Waals surface area contributed by atoms with Gasteiger partial charge in [0, 0.05) is 12.5 Å². The molecule has 1 aliphatic rings. The Balaban J connectivity index is 2.29. The lowest BCUT2D eigenvalue weighted by Gasteiger charge is -2.25. The predicted molar refractivity (Wildman–Crippen MR) is 70.6 cm³/mol. The van der Waals surface area contributed by atoms with E-state index in [1.807, 2.05) is 0 Å². The average Bonchev–Trinajstić information content (AvgIpc) is 2.81. The molecule has 21 heavy (non-hydrogen) atoms. The fourth-order valence-corrected chi connectivity index (χ4v) is 1.93. The molecule has 9 heteroatoms. The highest BCUT2D eigenvalue weighted by Gasteiger charge is 2.33. The van der Waals surface area contributed by atoms with Crippen molar-refractivity contribution in [3.05, 3.63) is 0 Å². The number of aliphatic hydroxyl groups is 1. The van der Waals surface area contributed by atoms with E-state index < -0.39 is 18.0 Å². The van der Waals surface area contributed by atoms with Crippen molar-refractivity contribution < 1.29 is 34.7 Å². The summed E-state index contributed by atoms with van der Waals surface area (Å²) < 4.78 is 9.82. The first-order chi connectivity index (χ1) is 9.73. The van der Waals surface area contributed by atoms with Gasteiger partial charge in [0.1, 0.15) is 5.60 Å². The number of nitrogens with one attached hydrogen (secondary N) is 2. The van der Waals surface area contributed by atoms with Crippen LogP contribution in [0.1, 0.15) is 40.5 Å². The number of hydrogen-bond donors (Lipinski definition) is 4. The van der Waals surface area contributed by atoms with Crippen LogP contribution in [-0.4, -0.2) is 52.6 Å². The molecule has 0 spiro atoms. The third-order valence-corrected chi connectivity index (χ3v) is 2.83. The van der Waals surface area contributed by atoms with Crippen molar-refractivity contribution in [2.24, 2.45) is 0 Å². The Labute approximate surface area is 124 Å². The van der Waals surface area contributed by atoms with Crippen LogP contribution in [0.2, 0.25) is 0 Å². The molecule has 2 unspecified atom stereocenters. The summed E-state index contributed by atoms with van der Waals surface area (Å²) in [6, 6.07) is -0.136. The predicted octanol–water partition coefficient (Wildman–Crippen LogP) is -0.634. The van der Waals surface area contributed by atoms with Crippen LogP contribution in [0.4, 0.5) is 4.79 Å². The number of carbonyl (C=O) groups is 1. The molecule has 1 saturated heterocycles. The Hall–Kier alpha value is -0.970. The summed E-state index contributed by atoms with van der Waals surface area (Å²) >= 11 is 0. The van der Waals surface area contributed by atoms with Crippen molar-refractivity contribution in [2.75, 3.05) is 13.2 Å². The van der Waals surface area contributed by atoms with Crippen LogP contribution in [0.3, 0.4) is 0 Å². The molecule has 1 rings (SSSR count). The van der Waals surface area contributed by atoms with E-state index in [9.17, 15) is 10.0 Å². The molecule has 124 valence electrons. The van der Waals surface area contributed by atoms with Gasteiger partial charge in [0.2, 0.25) is 6.29 Å². The number of rotatable bonds is 6. The maximum atomic E-state index is 11.4. The summed E-state index contributed by atoms with van der Waals surface area (Å²) in [5, 5.41) is 20.4. The lowest BCUT2D eigenvalue weighted by Crippen LogP contribution is -3.22. The molecule has 0 aromatic carbocycles. The Morgan fingerprint density at radius 3 is 2.76 bits per heavy atom. The number of quaternary nitrogens is 1. The highest BCUT2D eigenvalue weighted by Crippen LogP contribution is 2.11. The zero-order valence-electron chi connectivity index (χ0n) is 13.0. The van der Waals surface area contributed by atoms with E-state index in [2.05, 4.69) is 5.59 Å². The smallest absolute Gasteiger partial charge is 0.429 e. The van der Waals surface area contributed by atoms with Crippen LogP contribution in [0.25, 0.3) is 0 Å². The lowest BCUT2D eigenvalue weighted by molar-refractivity contribution is -1.23. The van der Waals surface area contributed by atoms with Gasteiger partial charge in [-0.15, -0.1) is 0 Å². The first-order valence-corrected chi connectivity index (χ1v) is 6.97. The normalized spacial score (nSPS) is 22.9. The quantitative estimate of drug-likeness (QED) is 0.292. The van der Waals surface area contributed by atoms with Gasteiger partial charge < -0.3 is 14.6 Å². The molecular formula is C12H26N3O6+.